The van der Waals surface area contributed by atoms with Gasteiger partial charge in [-0.05, 0) is 31.4 Å². The third kappa shape index (κ3) is 2.97. The zero-order chi connectivity index (χ0) is 19.9. The van der Waals surface area contributed by atoms with Crippen molar-refractivity contribution in [3.05, 3.63) is 53.0 Å². The van der Waals surface area contributed by atoms with Crippen LogP contribution < -0.4 is 10.6 Å². The Bertz CT molecular complexity index is 1150. The minimum Gasteiger partial charge on any atom is -0.388 e. The Morgan fingerprint density at radius 1 is 1.36 bits per heavy atom. The van der Waals surface area contributed by atoms with Gasteiger partial charge in [-0.15, -0.1) is 0 Å². The zero-order valence-corrected chi connectivity index (χ0v) is 15.6. The number of hydrogen-bond donors (Lipinski definition) is 4. The lowest BCUT2D eigenvalue weighted by atomic mass is 10.0. The van der Waals surface area contributed by atoms with E-state index in [9.17, 15) is 10.1 Å². The monoisotopic (exact) mass is 373 g/mol. The molecule has 0 radical (unpaired) electrons. The van der Waals surface area contributed by atoms with Crippen molar-refractivity contribution in [2.45, 2.75) is 25.3 Å². The van der Waals surface area contributed by atoms with Gasteiger partial charge in [-0.3, -0.25) is 10.2 Å². The molecule has 1 aromatic carbocycles. The first kappa shape index (κ1) is 17.7. The standard InChI is InChI=1S/C20H19N7O/c1-11-3-4-12(14(7-11)23-2)16(22)15-9-25-18-17(26-15)13(8-24-18)19(28)27-20(10-21)5-6-20/h3-4,7-9,22-23H,5-6H2,1-2H3,(H,24,25)(H,27,28). The molecule has 8 heteroatoms. The van der Waals surface area contributed by atoms with Gasteiger partial charge in [0, 0.05) is 24.5 Å². The number of aromatic amines is 1. The van der Waals surface area contributed by atoms with Crippen LogP contribution in [0.2, 0.25) is 0 Å². The second-order valence-corrected chi connectivity index (χ2v) is 6.98. The van der Waals surface area contributed by atoms with Gasteiger partial charge in [0.25, 0.3) is 5.91 Å². The highest BCUT2D eigenvalue weighted by Crippen LogP contribution is 2.34. The van der Waals surface area contributed by atoms with E-state index in [0.717, 1.165) is 11.3 Å². The van der Waals surface area contributed by atoms with Crippen molar-refractivity contribution >= 4 is 28.5 Å². The fraction of sp³-hybridized carbons (Fsp3) is 0.250. The fourth-order valence-electron chi connectivity index (χ4n) is 3.08. The predicted molar refractivity (Wildman–Crippen MR) is 106 cm³/mol. The number of carbonyl (C=O) groups is 1. The molecule has 140 valence electrons. The third-order valence-corrected chi connectivity index (χ3v) is 4.91. The topological polar surface area (TPSA) is 130 Å². The van der Waals surface area contributed by atoms with Gasteiger partial charge in [-0.1, -0.05) is 12.1 Å². The molecule has 1 saturated carbocycles. The molecule has 0 aliphatic heterocycles. The molecule has 0 bridgehead atoms. The highest BCUT2D eigenvalue weighted by atomic mass is 16.1. The molecule has 2 aromatic heterocycles. The zero-order valence-electron chi connectivity index (χ0n) is 15.6. The molecule has 2 heterocycles. The van der Waals surface area contributed by atoms with Crippen molar-refractivity contribution in [1.29, 1.82) is 10.7 Å². The number of carbonyl (C=O) groups excluding carboxylic acids is 1. The summed E-state index contributed by atoms with van der Waals surface area (Å²) in [5, 5.41) is 23.6. The molecule has 0 atom stereocenters. The van der Waals surface area contributed by atoms with Crippen LogP contribution in [0, 0.1) is 23.7 Å². The second-order valence-electron chi connectivity index (χ2n) is 6.98. The number of H-pyrrole nitrogens is 1. The van der Waals surface area contributed by atoms with Gasteiger partial charge in [-0.2, -0.15) is 5.26 Å². The maximum Gasteiger partial charge on any atom is 0.256 e. The summed E-state index contributed by atoms with van der Waals surface area (Å²) in [4.78, 5) is 24.4. The summed E-state index contributed by atoms with van der Waals surface area (Å²) in [6.45, 7) is 1.98. The Balaban J connectivity index is 1.71. The van der Waals surface area contributed by atoms with Crippen molar-refractivity contribution in [1.82, 2.24) is 20.3 Å². The van der Waals surface area contributed by atoms with E-state index >= 15 is 0 Å². The van der Waals surface area contributed by atoms with E-state index in [0.29, 0.717) is 40.8 Å². The number of nitrogens with zero attached hydrogens (tertiary/aromatic N) is 3. The number of benzene rings is 1. The Morgan fingerprint density at radius 3 is 2.82 bits per heavy atom. The van der Waals surface area contributed by atoms with E-state index in [1.54, 1.807) is 7.05 Å². The van der Waals surface area contributed by atoms with E-state index in [-0.39, 0.29) is 11.6 Å². The van der Waals surface area contributed by atoms with Crippen LogP contribution in [-0.4, -0.2) is 39.2 Å². The van der Waals surface area contributed by atoms with E-state index in [1.807, 2.05) is 25.1 Å². The third-order valence-electron chi connectivity index (χ3n) is 4.91. The van der Waals surface area contributed by atoms with Gasteiger partial charge in [0.2, 0.25) is 0 Å². The summed E-state index contributed by atoms with van der Waals surface area (Å²) in [6.07, 6.45) is 4.35. The van der Waals surface area contributed by atoms with Crippen LogP contribution in [0.3, 0.4) is 0 Å². The van der Waals surface area contributed by atoms with Crippen molar-refractivity contribution in [2.75, 3.05) is 12.4 Å². The molecule has 28 heavy (non-hydrogen) atoms. The second kappa shape index (κ2) is 6.46. The van der Waals surface area contributed by atoms with Crippen LogP contribution in [0.1, 0.15) is 40.0 Å². The van der Waals surface area contributed by atoms with Crippen LogP contribution in [0.4, 0.5) is 5.69 Å². The average Bonchev–Trinajstić information content (AvgIpc) is 3.35. The highest BCUT2D eigenvalue weighted by molar-refractivity contribution is 6.14. The van der Waals surface area contributed by atoms with Crippen molar-refractivity contribution in [3.63, 3.8) is 0 Å². The molecule has 4 rings (SSSR count). The summed E-state index contributed by atoms with van der Waals surface area (Å²) in [6, 6.07) is 7.90. The molecule has 1 aliphatic carbocycles. The summed E-state index contributed by atoms with van der Waals surface area (Å²) >= 11 is 0. The van der Waals surface area contributed by atoms with Crippen molar-refractivity contribution in [3.8, 4) is 6.07 Å². The highest BCUT2D eigenvalue weighted by Gasteiger charge is 2.45. The van der Waals surface area contributed by atoms with Crippen LogP contribution in [0.5, 0.6) is 0 Å². The van der Waals surface area contributed by atoms with Crippen molar-refractivity contribution in [2.24, 2.45) is 0 Å². The molecular formula is C20H19N7O. The first-order chi connectivity index (χ1) is 13.5. The normalized spacial score (nSPS) is 14.3. The maximum atomic E-state index is 12.6. The number of aryl methyl sites for hydroxylation is 1. The number of hydrogen-bond acceptors (Lipinski definition) is 6. The van der Waals surface area contributed by atoms with Crippen LogP contribution in [0.25, 0.3) is 11.2 Å². The van der Waals surface area contributed by atoms with Crippen LogP contribution in [0.15, 0.2) is 30.6 Å². The molecule has 0 unspecified atom stereocenters. The molecule has 0 saturated heterocycles. The van der Waals surface area contributed by atoms with E-state index in [2.05, 4.69) is 31.7 Å². The van der Waals surface area contributed by atoms with Crippen LogP contribution in [-0.2, 0) is 0 Å². The van der Waals surface area contributed by atoms with E-state index in [4.69, 9.17) is 5.41 Å². The van der Waals surface area contributed by atoms with Crippen molar-refractivity contribution < 1.29 is 4.79 Å². The summed E-state index contributed by atoms with van der Waals surface area (Å²) in [5.41, 5.74) is 3.57. The first-order valence-electron chi connectivity index (χ1n) is 8.92. The SMILES string of the molecule is CNc1cc(C)ccc1C(=N)c1cnc2[nH]cc(C(=O)NC3(C#N)CC3)c2n1. The molecular weight excluding hydrogens is 354 g/mol. The van der Waals surface area contributed by atoms with Gasteiger partial charge >= 0.3 is 0 Å². The van der Waals surface area contributed by atoms with Crippen LogP contribution >= 0.6 is 0 Å². The van der Waals surface area contributed by atoms with Gasteiger partial charge < -0.3 is 15.6 Å². The number of nitrogens with one attached hydrogen (secondary N) is 4. The lowest BCUT2D eigenvalue weighted by molar-refractivity contribution is 0.0943. The lowest BCUT2D eigenvalue weighted by Crippen LogP contribution is -2.35. The predicted octanol–water partition coefficient (Wildman–Crippen LogP) is 2.51. The number of aromatic nitrogens is 3. The molecule has 0 spiro atoms. The number of amides is 1. The molecule has 1 aliphatic rings. The van der Waals surface area contributed by atoms with Gasteiger partial charge in [0.15, 0.2) is 5.65 Å². The maximum absolute atomic E-state index is 12.6. The Morgan fingerprint density at radius 2 is 2.14 bits per heavy atom. The number of nitriles is 1. The average molecular weight is 373 g/mol. The summed E-state index contributed by atoms with van der Waals surface area (Å²) in [7, 11) is 1.80. The number of rotatable bonds is 5. The molecule has 4 N–H and O–H groups in total. The molecule has 3 aromatic rings. The summed E-state index contributed by atoms with van der Waals surface area (Å²) < 4.78 is 0. The smallest absolute Gasteiger partial charge is 0.256 e. The number of anilines is 1. The van der Waals surface area contributed by atoms with Gasteiger partial charge in [-0.25, -0.2) is 9.97 Å². The van der Waals surface area contributed by atoms with Gasteiger partial charge in [0.05, 0.1) is 23.5 Å². The molecule has 1 fully saturated rings. The Labute approximate surface area is 161 Å². The fourth-order valence-corrected chi connectivity index (χ4v) is 3.08. The quantitative estimate of drug-likeness (QED) is 0.511. The lowest BCUT2D eigenvalue weighted by Gasteiger charge is -2.11. The Hall–Kier alpha value is -3.73. The van der Waals surface area contributed by atoms with Gasteiger partial charge in [0.1, 0.15) is 16.7 Å². The Kier molecular flexibility index (Phi) is 4.08. The largest absolute Gasteiger partial charge is 0.388 e. The van der Waals surface area contributed by atoms with E-state index < -0.39 is 5.54 Å². The first-order valence-corrected chi connectivity index (χ1v) is 8.92. The van der Waals surface area contributed by atoms with E-state index in [1.165, 1.54) is 12.4 Å². The minimum absolute atomic E-state index is 0.210. The minimum atomic E-state index is -0.762. The number of fused-ring (bicyclic) bond motifs is 1. The molecule has 8 nitrogen and oxygen atoms in total. The molecule has 1 amide bonds. The summed E-state index contributed by atoms with van der Waals surface area (Å²) in [5.74, 6) is -0.366.